The zero-order chi connectivity index (χ0) is 70.4. The second kappa shape index (κ2) is 59.2. The van der Waals surface area contributed by atoms with Crippen molar-refractivity contribution in [3.05, 3.63) is 312 Å². The van der Waals surface area contributed by atoms with Gasteiger partial charge < -0.3 is 112 Å². The van der Waals surface area contributed by atoms with Crippen molar-refractivity contribution in [2.45, 2.75) is 51.9 Å². The molecule has 8 aromatic rings. The van der Waals surface area contributed by atoms with Gasteiger partial charge in [-0.3, -0.25) is 20.0 Å². The molecule has 100 heavy (non-hydrogen) atoms. The van der Waals surface area contributed by atoms with Crippen molar-refractivity contribution >= 4 is 24.2 Å². The third-order valence-corrected chi connectivity index (χ3v) is 11.3. The van der Waals surface area contributed by atoms with E-state index >= 15 is 0 Å². The van der Waals surface area contributed by atoms with Crippen molar-refractivity contribution in [1.82, 2.24) is 0 Å². The van der Waals surface area contributed by atoms with Crippen molar-refractivity contribution in [1.29, 1.82) is 10.5 Å². The van der Waals surface area contributed by atoms with Gasteiger partial charge in [-0.2, -0.15) is 10.5 Å². The summed E-state index contributed by atoms with van der Waals surface area (Å²) in [6, 6.07) is 60.4. The van der Waals surface area contributed by atoms with Gasteiger partial charge in [0.1, 0.15) is 35.7 Å². The second-order valence-corrected chi connectivity index (χ2v) is 17.4. The molecule has 0 aromatic heterocycles. The first-order chi connectivity index (χ1) is 44.9. The fraction of sp³-hybridized carbons (Fsp3) is 0.156. The molecular weight excluding hydrogens is 1710 g/mol. The number of nitriles is 2. The van der Waals surface area contributed by atoms with Crippen LogP contribution in [0.5, 0.6) is 34.5 Å². The van der Waals surface area contributed by atoms with Gasteiger partial charge in [-0.25, -0.2) is 0 Å². The molecule has 36 heteroatoms. The summed E-state index contributed by atoms with van der Waals surface area (Å²) in [5, 5.41) is 150. The molecule has 538 valence electrons. The molecule has 32 nitrogen and oxygen atoms in total. The molecule has 0 fully saturated rings. The Morgan fingerprint density at radius 1 is 0.410 bits per heavy atom. The topological polar surface area (TPSA) is 582 Å². The number of benzene rings is 8. The van der Waals surface area contributed by atoms with Crippen LogP contribution in [0.1, 0.15) is 96.4 Å². The van der Waals surface area contributed by atoms with Crippen LogP contribution in [0.25, 0.3) is 0 Å². The van der Waals surface area contributed by atoms with E-state index in [2.05, 4.69) is 9.98 Å². The Kier molecular flexibility index (Phi) is 59.9. The summed E-state index contributed by atoms with van der Waals surface area (Å²) in [6.07, 6.45) is 3.00. The Labute approximate surface area is 655 Å². The van der Waals surface area contributed by atoms with Crippen LogP contribution < -0.4 is 40.1 Å². The molecule has 4 N–H and O–H groups in total. The van der Waals surface area contributed by atoms with Gasteiger partial charge in [0.15, 0.2) is 0 Å². The van der Waals surface area contributed by atoms with Gasteiger partial charge in [0.05, 0.1) is 45.7 Å². The average molecular weight is 1770 g/mol. The molecule has 0 saturated heterocycles. The maximum Gasteiger partial charge on any atom is 3.00 e. The molecule has 0 aliphatic heterocycles. The molecule has 0 aliphatic carbocycles. The minimum absolute atomic E-state index is 0. The first-order valence-electron chi connectivity index (χ1n) is 26.9. The van der Waals surface area contributed by atoms with Gasteiger partial charge in [0, 0.05) is 26.3 Å². The number of hydrogen-bond acceptors (Lipinski definition) is 26. The van der Waals surface area contributed by atoms with Crippen LogP contribution in [0.2, 0.25) is 0 Å². The summed E-state index contributed by atoms with van der Waals surface area (Å²) in [6.45, 7) is 7.24. The van der Waals surface area contributed by atoms with Crippen LogP contribution in [-0.4, -0.2) is 68.7 Å². The summed E-state index contributed by atoms with van der Waals surface area (Å²) >= 11 is 0. The zero-order valence-electron chi connectivity index (χ0n) is 52.4. The molecule has 0 unspecified atom stereocenters. The van der Waals surface area contributed by atoms with Crippen LogP contribution in [-0.2, 0) is 34.1 Å². The Bertz CT molecular complexity index is 3530. The summed E-state index contributed by atoms with van der Waals surface area (Å²) in [5.74, 6) is -2.03. The maximum atomic E-state index is 13.1. The molecule has 8 aromatic carbocycles. The Balaban J connectivity index is -0.000000325. The van der Waals surface area contributed by atoms with Gasteiger partial charge in [-0.05, 0) is 82.3 Å². The van der Waals surface area contributed by atoms with E-state index in [0.717, 1.165) is 22.3 Å². The molecular formula is C64H60Cu2N10O22Tb2. The van der Waals surface area contributed by atoms with Gasteiger partial charge in [0.2, 0.25) is 0 Å². The van der Waals surface area contributed by atoms with E-state index in [1.54, 1.807) is 72.8 Å². The Morgan fingerprint density at radius 2 is 0.630 bits per heavy atom. The van der Waals surface area contributed by atoms with Crippen molar-refractivity contribution in [2.24, 2.45) is 20.0 Å². The molecule has 0 amide bonds. The molecule has 8 rings (SSSR count). The predicted molar refractivity (Wildman–Crippen MR) is 342 cm³/mol. The summed E-state index contributed by atoms with van der Waals surface area (Å²) in [7, 11) is 0. The SMILES string of the molecule is CC#N.CC#N.CCOc1cccc(C=N[C@@H](c2ccccc2)[C@@H](N=C([O-])c2ccccc2[O-])c2ccccc2)c1[O-].CCOc1cccc(C=N[C@H](c2ccccc2)[C@H](N=C([O-])c2ccccc2[O-])c2ccccc2)c1[O-].O.O.O=[N+]([O-])[O-].O=[N+]([O-])[O-].O=[N+]([O-])[O-].O=[N+]([O-])[O-].[Cu+2].[Cu+2].[Tb+3].[Tb+3]. The number of rotatable bonds is 18. The molecule has 0 bridgehead atoms. The third kappa shape index (κ3) is 40.8. The van der Waals surface area contributed by atoms with E-state index in [0.29, 0.717) is 24.3 Å². The normalized spacial score (nSPS) is 10.8. The fourth-order valence-corrected chi connectivity index (χ4v) is 7.76. The van der Waals surface area contributed by atoms with E-state index in [9.17, 15) is 30.6 Å². The Hall–Kier alpha value is -9.85. The monoisotopic (exact) mass is 1760 g/mol. The van der Waals surface area contributed by atoms with Gasteiger partial charge in [0.25, 0.3) is 0 Å². The largest absolute Gasteiger partial charge is 3.00 e. The van der Waals surface area contributed by atoms with Crippen molar-refractivity contribution in [2.75, 3.05) is 13.2 Å². The molecule has 0 aliphatic rings. The smallest absolute Gasteiger partial charge is 0.872 e. The quantitative estimate of drug-likeness (QED) is 0.0297. The van der Waals surface area contributed by atoms with Crippen molar-refractivity contribution in [3.63, 3.8) is 0 Å². The van der Waals surface area contributed by atoms with Crippen LogP contribution in [0.3, 0.4) is 0 Å². The van der Waals surface area contributed by atoms with Gasteiger partial charge in [-0.15, -0.1) is 11.5 Å². The van der Waals surface area contributed by atoms with E-state index in [1.807, 2.05) is 135 Å². The van der Waals surface area contributed by atoms with Crippen LogP contribution in [0.4, 0.5) is 0 Å². The minimum atomic E-state index is -1.75. The number of ether oxygens (including phenoxy) is 2. The second-order valence-electron chi connectivity index (χ2n) is 17.4. The maximum absolute atomic E-state index is 13.1. The standard InChI is InChI=1S/2C30H28N2O4.2C2H3N.2Cu.4NO3.2H2O.2Tb/c2*1-2-36-26-19-11-16-23(29(26)34)20-31-27(21-12-5-3-6-13-21)28(22-14-7-4-8-15-22)32-30(35)24-17-9-10-18-25(24)33;2*1-2-3;;;4*2-1(3)4;;;;/h2*3-20,27-28,33-34H,2H2,1H3,(H,32,35);2*1H3;;;;;;;2*1H2;;/q;;;;2*+2;4*-1;;;2*+3/p-6/t2*27-,28-;;;;;;;;;;;;/m10............/s1. The Morgan fingerprint density at radius 3 is 0.860 bits per heavy atom. The third-order valence-electron chi connectivity index (χ3n) is 11.3. The van der Waals surface area contributed by atoms with Crippen LogP contribution >= 0.6 is 0 Å². The number of nitrogens with zero attached hydrogens (tertiary/aromatic N) is 10. The molecule has 0 spiro atoms. The van der Waals surface area contributed by atoms with E-state index in [1.165, 1.54) is 50.5 Å². The zero-order valence-corrected chi connectivity index (χ0v) is 58.6. The van der Waals surface area contributed by atoms with E-state index < -0.39 is 56.3 Å². The molecule has 2 radical (unpaired) electrons. The summed E-state index contributed by atoms with van der Waals surface area (Å²) in [5.41, 5.74) is 3.86. The summed E-state index contributed by atoms with van der Waals surface area (Å²) in [4.78, 5) is 51.5. The van der Waals surface area contributed by atoms with Crippen molar-refractivity contribution < 1.29 is 183 Å². The number of para-hydroxylation sites is 4. The average Bonchev–Trinajstić information content (AvgIpc) is 0.824. The first-order valence-corrected chi connectivity index (χ1v) is 26.9. The van der Waals surface area contributed by atoms with Gasteiger partial charge >= 0.3 is 111 Å². The van der Waals surface area contributed by atoms with E-state index in [4.69, 9.17) is 91.3 Å². The van der Waals surface area contributed by atoms with Gasteiger partial charge in [-0.1, -0.05) is 206 Å². The fourth-order valence-electron chi connectivity index (χ4n) is 7.76. The number of aliphatic imine (C=N–C) groups is 4. The van der Waals surface area contributed by atoms with E-state index in [-0.39, 0.29) is 168 Å². The summed E-state index contributed by atoms with van der Waals surface area (Å²) < 4.78 is 10.9. The molecule has 0 saturated carbocycles. The van der Waals surface area contributed by atoms with Crippen LogP contribution in [0, 0.1) is 161 Å². The van der Waals surface area contributed by atoms with Crippen molar-refractivity contribution in [3.8, 4) is 46.6 Å². The van der Waals surface area contributed by atoms with Crippen LogP contribution in [0.15, 0.2) is 226 Å². The minimum Gasteiger partial charge on any atom is -0.872 e. The number of hydrogen-bond donors (Lipinski definition) is 0. The molecule has 0 heterocycles. The molecule has 4 atom stereocenters. The first kappa shape index (κ1) is 101. The predicted octanol–water partition coefficient (Wildman–Crippen LogP) is 6.33.